The molecule has 0 spiro atoms. The smallest absolute Gasteiger partial charge is 0.422 e. The summed E-state index contributed by atoms with van der Waals surface area (Å²) in [7, 11) is 0. The van der Waals surface area contributed by atoms with Crippen molar-refractivity contribution in [2.24, 2.45) is 0 Å². The molecule has 1 heterocycles. The zero-order chi connectivity index (χ0) is 15.8. The van der Waals surface area contributed by atoms with Crippen LogP contribution in [0.25, 0.3) is 11.0 Å². The van der Waals surface area contributed by atoms with Gasteiger partial charge in [-0.3, -0.25) is 4.79 Å². The van der Waals surface area contributed by atoms with Crippen LogP contribution in [0, 0.1) is 0 Å². The Hall–Kier alpha value is -1.98. The molecule has 0 atom stereocenters. The van der Waals surface area contributed by atoms with E-state index in [1.54, 1.807) is 18.2 Å². The van der Waals surface area contributed by atoms with Gasteiger partial charge in [-0.25, -0.2) is 0 Å². The Labute approximate surface area is 119 Å². The van der Waals surface area contributed by atoms with Crippen LogP contribution in [0.5, 0.6) is 5.95 Å². The Bertz CT molecular complexity index is 709. The van der Waals surface area contributed by atoms with Gasteiger partial charge < -0.3 is 9.15 Å². The SMILES string of the molecule is CC(C)(C)c1cccc2c(=O)cc(OCC(F)(F)F)oc12. The number of halogens is 3. The second-order valence-corrected chi connectivity index (χ2v) is 5.77. The highest BCUT2D eigenvalue weighted by molar-refractivity contribution is 5.81. The van der Waals surface area contributed by atoms with Crippen LogP contribution in [0.3, 0.4) is 0 Å². The molecule has 0 saturated heterocycles. The summed E-state index contributed by atoms with van der Waals surface area (Å²) in [6, 6.07) is 6.00. The Morgan fingerprint density at radius 2 is 1.86 bits per heavy atom. The van der Waals surface area contributed by atoms with Crippen molar-refractivity contribution in [2.45, 2.75) is 32.4 Å². The highest BCUT2D eigenvalue weighted by Crippen LogP contribution is 2.31. The molecule has 0 saturated carbocycles. The molecule has 0 unspecified atom stereocenters. The Kier molecular flexibility index (Phi) is 3.74. The Morgan fingerprint density at radius 1 is 1.19 bits per heavy atom. The van der Waals surface area contributed by atoms with Crippen molar-refractivity contribution >= 4 is 11.0 Å². The maximum Gasteiger partial charge on any atom is 0.422 e. The summed E-state index contributed by atoms with van der Waals surface area (Å²) in [5.74, 6) is -0.429. The minimum atomic E-state index is -4.49. The third-order valence-electron chi connectivity index (χ3n) is 2.92. The summed E-state index contributed by atoms with van der Waals surface area (Å²) >= 11 is 0. The summed E-state index contributed by atoms with van der Waals surface area (Å²) in [4.78, 5) is 12.0. The first kappa shape index (κ1) is 15.4. The van der Waals surface area contributed by atoms with Gasteiger partial charge in [0.1, 0.15) is 5.58 Å². The third kappa shape index (κ3) is 3.56. The van der Waals surface area contributed by atoms with Crippen LogP contribution in [-0.4, -0.2) is 12.8 Å². The molecular formula is C15H15F3O3. The van der Waals surface area contributed by atoms with Gasteiger partial charge in [0.05, 0.1) is 11.5 Å². The molecule has 1 aromatic carbocycles. The van der Waals surface area contributed by atoms with Crippen LogP contribution in [-0.2, 0) is 5.41 Å². The van der Waals surface area contributed by atoms with Gasteiger partial charge in [-0.1, -0.05) is 32.9 Å². The van der Waals surface area contributed by atoms with Crippen molar-refractivity contribution < 1.29 is 22.3 Å². The van der Waals surface area contributed by atoms with Crippen molar-refractivity contribution in [3.63, 3.8) is 0 Å². The second-order valence-electron chi connectivity index (χ2n) is 5.77. The van der Waals surface area contributed by atoms with E-state index in [1.165, 1.54) is 0 Å². The van der Waals surface area contributed by atoms with Gasteiger partial charge >= 0.3 is 6.18 Å². The molecule has 0 amide bonds. The topological polar surface area (TPSA) is 39.4 Å². The number of alkyl halides is 3. The predicted molar refractivity (Wildman–Crippen MR) is 72.7 cm³/mol. The molecule has 0 aliphatic carbocycles. The average molecular weight is 300 g/mol. The first-order chi connectivity index (χ1) is 9.58. The molecule has 2 aromatic rings. The lowest BCUT2D eigenvalue weighted by atomic mass is 9.86. The molecule has 114 valence electrons. The van der Waals surface area contributed by atoms with Gasteiger partial charge in [-0.05, 0) is 11.5 Å². The van der Waals surface area contributed by atoms with Gasteiger partial charge in [-0.15, -0.1) is 0 Å². The van der Waals surface area contributed by atoms with Crippen LogP contribution in [0.4, 0.5) is 13.2 Å². The number of benzene rings is 1. The Morgan fingerprint density at radius 3 is 2.43 bits per heavy atom. The van der Waals surface area contributed by atoms with E-state index in [-0.39, 0.29) is 11.0 Å². The fourth-order valence-corrected chi connectivity index (χ4v) is 1.97. The quantitative estimate of drug-likeness (QED) is 0.840. The van der Waals surface area contributed by atoms with Gasteiger partial charge in [0.15, 0.2) is 12.0 Å². The van der Waals surface area contributed by atoms with Crippen LogP contribution in [0.1, 0.15) is 26.3 Å². The normalized spacial score (nSPS) is 12.7. The molecule has 1 aromatic heterocycles. The molecular weight excluding hydrogens is 285 g/mol. The van der Waals surface area contributed by atoms with Crippen LogP contribution in [0.15, 0.2) is 33.5 Å². The van der Waals surface area contributed by atoms with E-state index < -0.39 is 24.2 Å². The molecule has 0 bridgehead atoms. The van der Waals surface area contributed by atoms with E-state index >= 15 is 0 Å². The fourth-order valence-electron chi connectivity index (χ4n) is 1.97. The number of rotatable bonds is 2. The van der Waals surface area contributed by atoms with Crippen molar-refractivity contribution in [2.75, 3.05) is 6.61 Å². The Balaban J connectivity index is 2.55. The third-order valence-corrected chi connectivity index (χ3v) is 2.92. The zero-order valence-electron chi connectivity index (χ0n) is 11.9. The average Bonchev–Trinajstić information content (AvgIpc) is 2.34. The van der Waals surface area contributed by atoms with Crippen molar-refractivity contribution in [3.05, 3.63) is 40.1 Å². The van der Waals surface area contributed by atoms with Crippen molar-refractivity contribution in [1.82, 2.24) is 0 Å². The summed E-state index contributed by atoms with van der Waals surface area (Å²) in [6.45, 7) is 4.26. The highest BCUT2D eigenvalue weighted by Gasteiger charge is 2.29. The van der Waals surface area contributed by atoms with E-state index in [0.717, 1.165) is 11.6 Å². The van der Waals surface area contributed by atoms with Crippen molar-refractivity contribution in [3.8, 4) is 5.95 Å². The molecule has 0 N–H and O–H groups in total. The van der Waals surface area contributed by atoms with Crippen LogP contribution < -0.4 is 10.2 Å². The van der Waals surface area contributed by atoms with Gasteiger partial charge in [-0.2, -0.15) is 13.2 Å². The van der Waals surface area contributed by atoms with Gasteiger partial charge in [0.25, 0.3) is 5.95 Å². The molecule has 0 aliphatic heterocycles. The van der Waals surface area contributed by atoms with E-state index in [0.29, 0.717) is 5.39 Å². The standard InChI is InChI=1S/C15H15F3O3/c1-14(2,3)10-6-4-5-9-11(19)7-12(21-13(9)10)20-8-15(16,17)18/h4-7H,8H2,1-3H3. The second kappa shape index (κ2) is 5.09. The molecule has 3 nitrogen and oxygen atoms in total. The summed E-state index contributed by atoms with van der Waals surface area (Å²) in [6.07, 6.45) is -4.49. The summed E-state index contributed by atoms with van der Waals surface area (Å²) < 4.78 is 46.4. The molecule has 21 heavy (non-hydrogen) atoms. The first-order valence-corrected chi connectivity index (χ1v) is 6.35. The van der Waals surface area contributed by atoms with Gasteiger partial charge in [0, 0.05) is 5.56 Å². The van der Waals surface area contributed by atoms with Crippen LogP contribution >= 0.6 is 0 Å². The fraction of sp³-hybridized carbons (Fsp3) is 0.400. The first-order valence-electron chi connectivity index (χ1n) is 6.35. The lowest BCUT2D eigenvalue weighted by Gasteiger charge is -2.20. The minimum Gasteiger partial charge on any atom is -0.455 e. The number of hydrogen-bond acceptors (Lipinski definition) is 3. The predicted octanol–water partition coefficient (Wildman–Crippen LogP) is 4.03. The maximum atomic E-state index is 12.2. The van der Waals surface area contributed by atoms with Gasteiger partial charge in [0.2, 0.25) is 0 Å². The number of fused-ring (bicyclic) bond motifs is 1. The highest BCUT2D eigenvalue weighted by atomic mass is 19.4. The van der Waals surface area contributed by atoms with E-state index in [2.05, 4.69) is 4.74 Å². The van der Waals surface area contributed by atoms with E-state index in [9.17, 15) is 18.0 Å². The minimum absolute atomic E-state index is 0.259. The molecule has 0 fully saturated rings. The molecule has 0 radical (unpaired) electrons. The number of ether oxygens (including phenoxy) is 1. The largest absolute Gasteiger partial charge is 0.455 e. The van der Waals surface area contributed by atoms with Crippen LogP contribution in [0.2, 0.25) is 0 Å². The molecule has 0 aliphatic rings. The molecule has 2 rings (SSSR count). The monoisotopic (exact) mass is 300 g/mol. The van der Waals surface area contributed by atoms with E-state index in [4.69, 9.17) is 4.42 Å². The number of para-hydroxylation sites is 1. The lowest BCUT2D eigenvalue weighted by Crippen LogP contribution is -2.20. The summed E-state index contributed by atoms with van der Waals surface area (Å²) in [5, 5.41) is 0.321. The maximum absolute atomic E-state index is 12.2. The van der Waals surface area contributed by atoms with Crippen molar-refractivity contribution in [1.29, 1.82) is 0 Å². The summed E-state index contributed by atoms with van der Waals surface area (Å²) in [5.41, 5.74) is 0.238. The number of hydrogen-bond donors (Lipinski definition) is 0. The zero-order valence-corrected chi connectivity index (χ0v) is 11.9. The van der Waals surface area contributed by atoms with E-state index in [1.807, 2.05) is 20.8 Å². The molecule has 6 heteroatoms. The lowest BCUT2D eigenvalue weighted by molar-refractivity contribution is -0.156.